The number of esters is 1. The molecule has 156 valence electrons. The smallest absolute Gasteiger partial charge is 0.306 e. The number of rotatable bonds is 3. The molecule has 7 atom stereocenters. The molecule has 0 unspecified atom stereocenters. The second-order valence-corrected chi connectivity index (χ2v) is 10.4. The average molecular weight is 389 g/mol. The molecule has 0 amide bonds. The molecule has 4 aliphatic rings. The van der Waals surface area contributed by atoms with Crippen LogP contribution in [0.2, 0.25) is 0 Å². The Morgan fingerprint density at radius 3 is 2.61 bits per heavy atom. The number of hydrogen-bond donors (Lipinski definition) is 1. The van der Waals surface area contributed by atoms with Crippen molar-refractivity contribution >= 4 is 11.8 Å². The first kappa shape index (κ1) is 20.1. The maximum absolute atomic E-state index is 12.2. The Balaban J connectivity index is 1.68. The molecule has 4 rings (SSSR count). The number of carbonyl (C=O) groups excluding carboxylic acids is 2. The van der Waals surface area contributed by atoms with Crippen LogP contribution in [0, 0.1) is 34.5 Å². The summed E-state index contributed by atoms with van der Waals surface area (Å²) in [4.78, 5) is 24.3. The highest BCUT2D eigenvalue weighted by atomic mass is 16.6. The third-order valence-electron chi connectivity index (χ3n) is 9.59. The zero-order chi connectivity index (χ0) is 20.3. The molecular weight excluding hydrogens is 352 g/mol. The van der Waals surface area contributed by atoms with E-state index in [4.69, 9.17) is 4.74 Å². The largest absolute Gasteiger partial charge is 0.459 e. The van der Waals surface area contributed by atoms with Gasteiger partial charge in [0.1, 0.15) is 5.60 Å². The molecule has 4 nitrogen and oxygen atoms in total. The lowest BCUT2D eigenvalue weighted by Gasteiger charge is -2.61. The van der Waals surface area contributed by atoms with Gasteiger partial charge in [0.05, 0.1) is 6.61 Å². The SMILES string of the molecule is CCC(=O)O[C@]1(C)CC[C@H]2[C@@H]3CCC4=CC(=O)C[C@H](C)[C@]4(CO)[C@H]3CC[C@@]21C. The number of hydrogen-bond acceptors (Lipinski definition) is 4. The van der Waals surface area contributed by atoms with Crippen LogP contribution in [0.4, 0.5) is 0 Å². The van der Waals surface area contributed by atoms with E-state index < -0.39 is 0 Å². The number of ketones is 1. The van der Waals surface area contributed by atoms with Gasteiger partial charge in [-0.15, -0.1) is 0 Å². The molecule has 0 heterocycles. The molecule has 3 saturated carbocycles. The normalized spacial score (nSPS) is 47.6. The Hall–Kier alpha value is -1.16. The Morgan fingerprint density at radius 2 is 1.93 bits per heavy atom. The molecular formula is C24H36O4. The second-order valence-electron chi connectivity index (χ2n) is 10.4. The molecule has 0 aromatic heterocycles. The first-order valence-electron chi connectivity index (χ1n) is 11.3. The summed E-state index contributed by atoms with van der Waals surface area (Å²) < 4.78 is 6.05. The van der Waals surface area contributed by atoms with Crippen LogP contribution in [-0.2, 0) is 14.3 Å². The van der Waals surface area contributed by atoms with E-state index in [1.807, 2.05) is 13.0 Å². The van der Waals surface area contributed by atoms with Gasteiger partial charge in [-0.2, -0.15) is 0 Å². The topological polar surface area (TPSA) is 63.6 Å². The van der Waals surface area contributed by atoms with Crippen molar-refractivity contribution in [3.8, 4) is 0 Å². The molecule has 0 radical (unpaired) electrons. The van der Waals surface area contributed by atoms with Gasteiger partial charge in [0.2, 0.25) is 0 Å². The van der Waals surface area contributed by atoms with Crippen molar-refractivity contribution in [3.05, 3.63) is 11.6 Å². The lowest BCUT2D eigenvalue weighted by atomic mass is 9.44. The molecule has 0 bridgehead atoms. The van der Waals surface area contributed by atoms with Gasteiger partial charge in [-0.25, -0.2) is 0 Å². The summed E-state index contributed by atoms with van der Waals surface area (Å²) in [7, 11) is 0. The van der Waals surface area contributed by atoms with E-state index in [0.717, 1.165) is 38.5 Å². The molecule has 0 aliphatic heterocycles. The van der Waals surface area contributed by atoms with Gasteiger partial charge in [0.25, 0.3) is 0 Å². The molecule has 0 spiro atoms. The Bertz CT molecular complexity index is 711. The predicted molar refractivity (Wildman–Crippen MR) is 107 cm³/mol. The molecule has 0 aromatic carbocycles. The van der Waals surface area contributed by atoms with Crippen LogP contribution in [0.15, 0.2) is 11.6 Å². The minimum Gasteiger partial charge on any atom is -0.459 e. The van der Waals surface area contributed by atoms with Gasteiger partial charge in [-0.1, -0.05) is 26.3 Å². The predicted octanol–water partition coefficient (Wildman–Crippen LogP) is 4.45. The summed E-state index contributed by atoms with van der Waals surface area (Å²) in [5.41, 5.74) is 0.607. The minimum absolute atomic E-state index is 0.00455. The lowest BCUT2D eigenvalue weighted by molar-refractivity contribution is -0.182. The summed E-state index contributed by atoms with van der Waals surface area (Å²) >= 11 is 0. The molecule has 0 saturated heterocycles. The second kappa shape index (κ2) is 6.68. The van der Waals surface area contributed by atoms with Crippen LogP contribution in [0.5, 0.6) is 0 Å². The quantitative estimate of drug-likeness (QED) is 0.726. The van der Waals surface area contributed by atoms with Crippen molar-refractivity contribution in [2.45, 2.75) is 84.7 Å². The zero-order valence-electron chi connectivity index (χ0n) is 17.9. The van der Waals surface area contributed by atoms with Gasteiger partial charge in [0.15, 0.2) is 5.78 Å². The summed E-state index contributed by atoms with van der Waals surface area (Å²) in [6.07, 6.45) is 8.98. The van der Waals surface area contributed by atoms with Crippen LogP contribution >= 0.6 is 0 Å². The monoisotopic (exact) mass is 388 g/mol. The third-order valence-corrected chi connectivity index (χ3v) is 9.59. The van der Waals surface area contributed by atoms with E-state index in [1.54, 1.807) is 0 Å². The van der Waals surface area contributed by atoms with E-state index in [1.165, 1.54) is 5.57 Å². The van der Waals surface area contributed by atoms with E-state index in [-0.39, 0.29) is 40.7 Å². The van der Waals surface area contributed by atoms with E-state index >= 15 is 0 Å². The fourth-order valence-corrected chi connectivity index (χ4v) is 7.84. The minimum atomic E-state index is -0.383. The van der Waals surface area contributed by atoms with Gasteiger partial charge < -0.3 is 9.84 Å². The Labute approximate surface area is 169 Å². The highest BCUT2D eigenvalue weighted by Gasteiger charge is 2.65. The van der Waals surface area contributed by atoms with Crippen LogP contribution in [0.3, 0.4) is 0 Å². The number of aliphatic hydroxyl groups is 1. The number of ether oxygens (including phenoxy) is 1. The van der Waals surface area contributed by atoms with Gasteiger partial charge >= 0.3 is 5.97 Å². The number of carbonyl (C=O) groups is 2. The maximum atomic E-state index is 12.2. The van der Waals surface area contributed by atoms with Crippen LogP contribution in [0.1, 0.15) is 79.1 Å². The number of fused-ring (bicyclic) bond motifs is 5. The zero-order valence-corrected chi connectivity index (χ0v) is 17.9. The lowest BCUT2D eigenvalue weighted by Crippen LogP contribution is -2.58. The fraction of sp³-hybridized carbons (Fsp3) is 0.833. The molecule has 4 aliphatic carbocycles. The van der Waals surface area contributed by atoms with Crippen molar-refractivity contribution in [1.29, 1.82) is 0 Å². The summed E-state index contributed by atoms with van der Waals surface area (Å²) in [5.74, 6) is 1.84. The van der Waals surface area contributed by atoms with E-state index in [0.29, 0.717) is 30.6 Å². The van der Waals surface area contributed by atoms with Crippen LogP contribution in [0.25, 0.3) is 0 Å². The van der Waals surface area contributed by atoms with Gasteiger partial charge in [-0.05, 0) is 75.2 Å². The maximum Gasteiger partial charge on any atom is 0.306 e. The molecule has 1 N–H and O–H groups in total. The van der Waals surface area contributed by atoms with Gasteiger partial charge in [0, 0.05) is 23.7 Å². The summed E-state index contributed by atoms with van der Waals surface area (Å²) in [6.45, 7) is 8.68. The van der Waals surface area contributed by atoms with Crippen molar-refractivity contribution in [2.24, 2.45) is 34.5 Å². The number of aliphatic hydroxyl groups excluding tert-OH is 1. The molecule has 3 fully saturated rings. The average Bonchev–Trinajstić information content (AvgIpc) is 2.92. The van der Waals surface area contributed by atoms with Crippen LogP contribution < -0.4 is 0 Å². The molecule has 4 heteroatoms. The van der Waals surface area contributed by atoms with E-state index in [2.05, 4.69) is 20.8 Å². The Kier molecular flexibility index (Phi) is 4.80. The first-order chi connectivity index (χ1) is 13.2. The Morgan fingerprint density at radius 1 is 1.21 bits per heavy atom. The highest BCUT2D eigenvalue weighted by Crippen LogP contribution is 2.68. The molecule has 0 aromatic rings. The van der Waals surface area contributed by atoms with Gasteiger partial charge in [-0.3, -0.25) is 9.59 Å². The summed E-state index contributed by atoms with van der Waals surface area (Å²) in [6, 6.07) is 0. The molecule has 28 heavy (non-hydrogen) atoms. The van der Waals surface area contributed by atoms with Crippen molar-refractivity contribution < 1.29 is 19.4 Å². The van der Waals surface area contributed by atoms with E-state index in [9.17, 15) is 14.7 Å². The van der Waals surface area contributed by atoms with Crippen molar-refractivity contribution in [3.63, 3.8) is 0 Å². The highest BCUT2D eigenvalue weighted by molar-refractivity contribution is 5.92. The van der Waals surface area contributed by atoms with Crippen LogP contribution in [-0.4, -0.2) is 29.1 Å². The fourth-order valence-electron chi connectivity index (χ4n) is 7.84. The van der Waals surface area contributed by atoms with Crippen molar-refractivity contribution in [2.75, 3.05) is 6.61 Å². The third kappa shape index (κ3) is 2.52. The first-order valence-corrected chi connectivity index (χ1v) is 11.3. The standard InChI is InChI=1S/C24H36O4/c1-5-21(27)28-23(4)11-9-19-18-7-6-16-13-17(26)12-15(2)24(16,14-25)20(18)8-10-22(19,23)3/h13,15,18-20,25H,5-12,14H2,1-4H3/t15-,18-,19-,20-,22-,23+,24-/m0/s1. The summed E-state index contributed by atoms with van der Waals surface area (Å²) in [5, 5.41) is 10.6. The van der Waals surface area contributed by atoms with Crippen molar-refractivity contribution in [1.82, 2.24) is 0 Å².